The van der Waals surface area contributed by atoms with Gasteiger partial charge in [-0.1, -0.05) is 73.9 Å². The number of nitrogens with zero attached hydrogens (tertiary/aromatic N) is 3. The van der Waals surface area contributed by atoms with Gasteiger partial charge in [0.15, 0.2) is 7.30 Å². The zero-order valence-electron chi connectivity index (χ0n) is 24.6. The van der Waals surface area contributed by atoms with Crippen LogP contribution in [0.2, 0.25) is 0 Å². The van der Waals surface area contributed by atoms with Crippen LogP contribution in [0.1, 0.15) is 57.8 Å². The van der Waals surface area contributed by atoms with E-state index in [0.717, 1.165) is 0 Å². The molecule has 4 heterocycles. The van der Waals surface area contributed by atoms with Crippen LogP contribution >= 0.6 is 29.0 Å². The van der Waals surface area contributed by atoms with Crippen molar-refractivity contribution in [1.82, 2.24) is 14.0 Å². The molecule has 4 fully saturated rings. The number of hydrogen-bond acceptors (Lipinski definition) is 3. The molecule has 0 amide bonds. The fourth-order valence-corrected chi connectivity index (χ4v) is 54.6. The Balaban J connectivity index is 1.43. The highest BCUT2D eigenvalue weighted by Crippen LogP contribution is 3.20. The van der Waals surface area contributed by atoms with E-state index in [2.05, 4.69) is 105 Å². The topological polar surface area (TPSA) is 9.72 Å². The lowest BCUT2D eigenvalue weighted by atomic mass is 10.2. The lowest BCUT2D eigenvalue weighted by molar-refractivity contribution is 0.251. The normalized spacial score (nSPS) is 25.2. The maximum Gasteiger partial charge on any atom is 0.253 e. The highest BCUT2D eigenvalue weighted by molar-refractivity contribution is 8.93. The Morgan fingerprint density at radius 1 is 0.390 bits per heavy atom. The molecule has 3 aromatic rings. The van der Waals surface area contributed by atoms with Crippen molar-refractivity contribution in [2.45, 2.75) is 57.8 Å². The first-order chi connectivity index (χ1) is 20.4. The van der Waals surface area contributed by atoms with Crippen molar-refractivity contribution in [1.29, 1.82) is 0 Å². The van der Waals surface area contributed by atoms with Gasteiger partial charge in [0.05, 0.1) is 5.90 Å². The SMILES string of the molecule is c1ccc([P+](c2ccccc2)(c2ccccc2)P2CP2[P+](N2CCCCC2)(N2CCCCC2)N2CCCCC2)cc1. The van der Waals surface area contributed by atoms with Gasteiger partial charge in [0.1, 0.15) is 30.2 Å². The molecule has 0 N–H and O–H groups in total. The largest absolute Gasteiger partial charge is 0.253 e. The summed E-state index contributed by atoms with van der Waals surface area (Å²) in [6.45, 7) is 6.28. The Bertz CT molecular complexity index is 1100. The predicted octanol–water partition coefficient (Wildman–Crippen LogP) is 8.88. The van der Waals surface area contributed by atoms with Crippen LogP contribution in [0.15, 0.2) is 91.0 Å². The number of rotatable bonds is 8. The molecule has 3 aromatic carbocycles. The first kappa shape index (κ1) is 29.0. The van der Waals surface area contributed by atoms with E-state index in [4.69, 9.17) is 0 Å². The minimum Gasteiger partial charge on any atom is -0.146 e. The standard InChI is InChI=1S/C34H47N3P4/c1-7-19-32(20-8-1)40(33-21-9-2-10-22-33,34-23-11-3-12-24-34)38-31-39(38)41(35-25-13-4-14-26-35,36-27-15-5-16-28-36)37-29-17-6-18-30-37/h1-3,7-12,19-24H,4-6,13-18,25-31H2/q+2. The van der Waals surface area contributed by atoms with Gasteiger partial charge < -0.3 is 0 Å². The monoisotopic (exact) mass is 621 g/mol. The molecular formula is C34H47N3P4+2. The fourth-order valence-electron chi connectivity index (χ4n) is 7.75. The molecular weight excluding hydrogens is 574 g/mol. The van der Waals surface area contributed by atoms with Crippen molar-refractivity contribution >= 4 is 44.9 Å². The highest BCUT2D eigenvalue weighted by Gasteiger charge is 2.80. The Kier molecular flexibility index (Phi) is 9.26. The summed E-state index contributed by atoms with van der Waals surface area (Å²) in [5.74, 6) is 1.51. The van der Waals surface area contributed by atoms with Crippen LogP contribution in [0.25, 0.3) is 0 Å². The summed E-state index contributed by atoms with van der Waals surface area (Å²) in [6.07, 6.45) is 12.7. The van der Waals surface area contributed by atoms with Gasteiger partial charge in [-0.15, -0.1) is 14.0 Å². The van der Waals surface area contributed by atoms with Crippen molar-refractivity contribution in [3.63, 3.8) is 0 Å². The minimum absolute atomic E-state index is 0.0859. The van der Waals surface area contributed by atoms with E-state index in [-0.39, 0.29) is 14.6 Å². The Morgan fingerprint density at radius 2 is 0.707 bits per heavy atom. The van der Waals surface area contributed by atoms with Crippen LogP contribution in [0.5, 0.6) is 0 Å². The molecule has 7 rings (SSSR count). The van der Waals surface area contributed by atoms with Crippen LogP contribution in [0, 0.1) is 0 Å². The van der Waals surface area contributed by atoms with Crippen molar-refractivity contribution in [3.8, 4) is 0 Å². The zero-order chi connectivity index (χ0) is 27.5. The molecule has 0 saturated carbocycles. The molecule has 41 heavy (non-hydrogen) atoms. The zero-order valence-corrected chi connectivity index (χ0v) is 28.2. The molecule has 216 valence electrons. The molecule has 0 spiro atoms. The van der Waals surface area contributed by atoms with Gasteiger partial charge >= 0.3 is 0 Å². The number of hydrogen-bond donors (Lipinski definition) is 0. The van der Waals surface area contributed by atoms with E-state index >= 15 is 0 Å². The van der Waals surface area contributed by atoms with Crippen LogP contribution < -0.4 is 15.9 Å². The summed E-state index contributed by atoms with van der Waals surface area (Å²) >= 11 is 0. The number of benzene rings is 3. The smallest absolute Gasteiger partial charge is 0.146 e. The van der Waals surface area contributed by atoms with Gasteiger partial charge in [-0.05, 0) is 74.9 Å². The fraction of sp³-hybridized carbons (Fsp3) is 0.471. The van der Waals surface area contributed by atoms with Crippen LogP contribution in [0.3, 0.4) is 0 Å². The molecule has 0 radical (unpaired) electrons. The average molecular weight is 622 g/mol. The molecule has 0 aliphatic carbocycles. The molecule has 0 aromatic heterocycles. The van der Waals surface area contributed by atoms with Gasteiger partial charge in [0, 0.05) is 39.3 Å². The van der Waals surface area contributed by atoms with Crippen LogP contribution in [-0.4, -0.2) is 59.2 Å². The second-order valence-corrected chi connectivity index (χ2v) is 31.4. The third kappa shape index (κ3) is 5.32. The summed E-state index contributed by atoms with van der Waals surface area (Å²) in [5.41, 5.74) is 0. The van der Waals surface area contributed by atoms with Gasteiger partial charge in [-0.3, -0.25) is 0 Å². The van der Waals surface area contributed by atoms with E-state index in [9.17, 15) is 0 Å². The van der Waals surface area contributed by atoms with Gasteiger partial charge in [-0.2, -0.15) is 0 Å². The highest BCUT2D eigenvalue weighted by atomic mass is 32.7. The molecule has 2 unspecified atom stereocenters. The maximum atomic E-state index is 3.19. The van der Waals surface area contributed by atoms with Crippen molar-refractivity contribution in [2.75, 3.05) is 45.2 Å². The van der Waals surface area contributed by atoms with Gasteiger partial charge in [0.25, 0.3) is 7.40 Å². The molecule has 4 aliphatic rings. The lowest BCUT2D eigenvalue weighted by Gasteiger charge is -2.50. The average Bonchev–Trinajstić information content (AvgIpc) is 3.86. The Labute approximate surface area is 252 Å². The van der Waals surface area contributed by atoms with Crippen molar-refractivity contribution < 1.29 is 0 Å². The third-order valence-corrected chi connectivity index (χ3v) is 41.3. The van der Waals surface area contributed by atoms with Crippen LogP contribution in [-0.2, 0) is 0 Å². The first-order valence-corrected chi connectivity index (χ1v) is 24.7. The summed E-state index contributed by atoms with van der Waals surface area (Å²) in [7, 11) is -1.81. The minimum atomic E-state index is -1.78. The van der Waals surface area contributed by atoms with E-state index < -0.39 is 14.4 Å². The number of piperidine rings is 3. The summed E-state index contributed by atoms with van der Waals surface area (Å²) in [4.78, 5) is 0. The Hall–Kier alpha value is -0.740. The summed E-state index contributed by atoms with van der Waals surface area (Å²) in [5, 5.41) is 4.88. The first-order valence-electron chi connectivity index (χ1n) is 16.1. The third-order valence-electron chi connectivity index (χ3n) is 9.62. The summed E-state index contributed by atoms with van der Waals surface area (Å²) in [6, 6.07) is 35.6. The quantitative estimate of drug-likeness (QED) is 0.233. The van der Waals surface area contributed by atoms with E-state index in [1.165, 1.54) is 103 Å². The molecule has 4 aliphatic heterocycles. The molecule has 0 bridgehead atoms. The Morgan fingerprint density at radius 3 is 1.02 bits per heavy atom. The second kappa shape index (κ2) is 13.1. The van der Waals surface area contributed by atoms with Crippen molar-refractivity contribution in [2.24, 2.45) is 0 Å². The predicted molar refractivity (Wildman–Crippen MR) is 187 cm³/mol. The molecule has 3 nitrogen and oxygen atoms in total. The van der Waals surface area contributed by atoms with Crippen LogP contribution in [0.4, 0.5) is 0 Å². The maximum absolute atomic E-state index is 3.19. The van der Waals surface area contributed by atoms with E-state index in [1.807, 2.05) is 0 Å². The van der Waals surface area contributed by atoms with Gasteiger partial charge in [-0.25, -0.2) is 0 Å². The van der Waals surface area contributed by atoms with Crippen molar-refractivity contribution in [3.05, 3.63) is 91.0 Å². The second-order valence-electron chi connectivity index (χ2n) is 12.1. The lowest BCUT2D eigenvalue weighted by Crippen LogP contribution is -2.48. The summed E-state index contributed by atoms with van der Waals surface area (Å²) < 4.78 is 9.57. The molecule has 2 atom stereocenters. The van der Waals surface area contributed by atoms with Gasteiger partial charge in [0.2, 0.25) is 0 Å². The molecule has 7 heteroatoms. The van der Waals surface area contributed by atoms with E-state index in [1.54, 1.807) is 15.9 Å². The van der Waals surface area contributed by atoms with E-state index in [0.29, 0.717) is 0 Å². The molecule has 4 saturated heterocycles.